The van der Waals surface area contributed by atoms with Crippen LogP contribution >= 0.6 is 0 Å². The highest BCUT2D eigenvalue weighted by Gasteiger charge is 2.22. The van der Waals surface area contributed by atoms with Crippen molar-refractivity contribution < 1.29 is 4.43 Å². The lowest BCUT2D eigenvalue weighted by Gasteiger charge is -2.26. The van der Waals surface area contributed by atoms with E-state index in [0.29, 0.717) is 5.92 Å². The summed E-state index contributed by atoms with van der Waals surface area (Å²) in [5, 5.41) is 0. The fourth-order valence-corrected chi connectivity index (χ4v) is 1.71. The largest absolute Gasteiger partial charge is 0.505 e. The summed E-state index contributed by atoms with van der Waals surface area (Å²) in [5.74, 6) is 3.69. The summed E-state index contributed by atoms with van der Waals surface area (Å²) < 4.78 is 5.43. The van der Waals surface area contributed by atoms with Crippen LogP contribution in [0, 0.1) is 23.4 Å². The normalized spacial score (nSPS) is 12.9. The van der Waals surface area contributed by atoms with Gasteiger partial charge in [0.1, 0.15) is 0 Å². The van der Waals surface area contributed by atoms with E-state index >= 15 is 0 Å². The van der Waals surface area contributed by atoms with Crippen LogP contribution in [0.2, 0.25) is 13.1 Å². The molecule has 0 saturated heterocycles. The van der Waals surface area contributed by atoms with E-state index in [4.69, 9.17) is 4.43 Å². The van der Waals surface area contributed by atoms with Gasteiger partial charge in [0.05, 0.1) is 6.11 Å². The lowest BCUT2D eigenvalue weighted by molar-refractivity contribution is 0.283. The first-order valence-electron chi connectivity index (χ1n) is 6.15. The van der Waals surface area contributed by atoms with E-state index in [0.717, 1.165) is 12.8 Å². The van der Waals surface area contributed by atoms with Gasteiger partial charge in [0, 0.05) is 5.92 Å². The van der Waals surface area contributed by atoms with E-state index in [-0.39, 0.29) is 5.41 Å². The maximum Gasteiger partial charge on any atom is 0.244 e. The van der Waals surface area contributed by atoms with Crippen molar-refractivity contribution in [1.29, 1.82) is 0 Å². The Morgan fingerprint density at radius 3 is 2.44 bits per heavy atom. The van der Waals surface area contributed by atoms with Gasteiger partial charge in [-0.3, -0.25) is 0 Å². The third-order valence-corrected chi connectivity index (χ3v) is 3.06. The summed E-state index contributed by atoms with van der Waals surface area (Å²) in [6.07, 6.45) is 8.25. The maximum absolute atomic E-state index is 5.43. The smallest absolute Gasteiger partial charge is 0.244 e. The van der Waals surface area contributed by atoms with Crippen LogP contribution in [0.15, 0.2) is 12.7 Å². The quantitative estimate of drug-likeness (QED) is 0.305. The predicted molar refractivity (Wildman–Crippen MR) is 74.7 cm³/mol. The zero-order valence-corrected chi connectivity index (χ0v) is 12.6. The van der Waals surface area contributed by atoms with Crippen molar-refractivity contribution in [1.82, 2.24) is 0 Å². The molecule has 0 aliphatic heterocycles. The molecule has 1 unspecified atom stereocenters. The Hall–Kier alpha value is -0.683. The van der Waals surface area contributed by atoms with Crippen LogP contribution in [-0.4, -0.2) is 9.04 Å². The van der Waals surface area contributed by atoms with Crippen LogP contribution < -0.4 is 0 Å². The second kappa shape index (κ2) is 7.57. The van der Waals surface area contributed by atoms with Crippen LogP contribution in [-0.2, 0) is 4.43 Å². The van der Waals surface area contributed by atoms with Gasteiger partial charge in [-0.2, -0.15) is 0 Å². The predicted octanol–water partition coefficient (Wildman–Crippen LogP) is 3.97. The molecule has 0 radical (unpaired) electrons. The van der Waals surface area contributed by atoms with E-state index in [9.17, 15) is 0 Å². The van der Waals surface area contributed by atoms with Crippen molar-refractivity contribution in [3.63, 3.8) is 0 Å². The Kier molecular flexibility index (Phi) is 7.24. The molecule has 0 bridgehead atoms. The Labute approximate surface area is 103 Å². The molecule has 0 aliphatic carbocycles. The molecule has 0 aromatic carbocycles. The van der Waals surface area contributed by atoms with Crippen LogP contribution in [0.1, 0.15) is 40.0 Å². The molecule has 0 rings (SSSR count). The molecule has 0 spiro atoms. The summed E-state index contributed by atoms with van der Waals surface area (Å²) in [6, 6.07) is 0. The van der Waals surface area contributed by atoms with Crippen molar-refractivity contribution >= 4 is 9.04 Å². The average Bonchev–Trinajstić information content (AvgIpc) is 2.13. The molecule has 0 fully saturated rings. The summed E-state index contributed by atoms with van der Waals surface area (Å²) >= 11 is 0. The fraction of sp³-hybridized carbons (Fsp3) is 0.714. The van der Waals surface area contributed by atoms with Crippen molar-refractivity contribution in [2.45, 2.75) is 53.1 Å². The number of rotatable bonds is 5. The standard InChI is InChI=1S/C14H26OSi/c1-7-8-9-10-13(14(2,3)4)11-12-15-16(5)6/h7,13,16H,1,8-10H2,2-6H3. The fourth-order valence-electron chi connectivity index (χ4n) is 1.41. The average molecular weight is 238 g/mol. The van der Waals surface area contributed by atoms with Crippen molar-refractivity contribution in [2.24, 2.45) is 11.3 Å². The van der Waals surface area contributed by atoms with E-state index in [2.05, 4.69) is 52.5 Å². The molecule has 0 heterocycles. The minimum atomic E-state index is -1.01. The lowest BCUT2D eigenvalue weighted by Crippen LogP contribution is -2.19. The van der Waals surface area contributed by atoms with Crippen LogP contribution in [0.5, 0.6) is 0 Å². The Morgan fingerprint density at radius 1 is 1.38 bits per heavy atom. The third-order valence-electron chi connectivity index (χ3n) is 2.47. The summed E-state index contributed by atoms with van der Waals surface area (Å²) in [6.45, 7) is 14.8. The third kappa shape index (κ3) is 7.59. The molecule has 92 valence electrons. The molecule has 1 nitrogen and oxygen atoms in total. The number of unbranched alkanes of at least 4 members (excludes halogenated alkanes) is 1. The van der Waals surface area contributed by atoms with E-state index in [1.165, 1.54) is 6.42 Å². The molecule has 0 aromatic rings. The first-order valence-corrected chi connectivity index (χ1v) is 8.93. The first kappa shape index (κ1) is 15.3. The summed E-state index contributed by atoms with van der Waals surface area (Å²) in [4.78, 5) is 0. The molecule has 0 aromatic heterocycles. The first-order chi connectivity index (χ1) is 7.38. The highest BCUT2D eigenvalue weighted by Crippen LogP contribution is 2.29. The molecule has 0 amide bonds. The molecule has 0 N–H and O–H groups in total. The van der Waals surface area contributed by atoms with E-state index in [1.54, 1.807) is 0 Å². The zero-order valence-electron chi connectivity index (χ0n) is 11.5. The summed E-state index contributed by atoms with van der Waals surface area (Å²) in [7, 11) is -1.01. The monoisotopic (exact) mass is 238 g/mol. The Balaban J connectivity index is 4.30. The Morgan fingerprint density at radius 2 is 2.00 bits per heavy atom. The molecular formula is C14H26OSi. The van der Waals surface area contributed by atoms with E-state index in [1.807, 2.05) is 6.08 Å². The number of hydrogen-bond acceptors (Lipinski definition) is 1. The summed E-state index contributed by atoms with van der Waals surface area (Å²) in [5.41, 5.74) is 0.232. The van der Waals surface area contributed by atoms with Gasteiger partial charge in [0.25, 0.3) is 0 Å². The van der Waals surface area contributed by atoms with Gasteiger partial charge in [-0.1, -0.05) is 32.8 Å². The molecule has 0 aliphatic rings. The highest BCUT2D eigenvalue weighted by atomic mass is 28.3. The molecule has 1 atom stereocenters. The van der Waals surface area contributed by atoms with Gasteiger partial charge < -0.3 is 4.43 Å². The number of allylic oxidation sites excluding steroid dienone is 1. The lowest BCUT2D eigenvalue weighted by atomic mass is 9.78. The minimum Gasteiger partial charge on any atom is -0.505 e. The molecule has 2 heteroatoms. The topological polar surface area (TPSA) is 9.23 Å². The number of hydrogen-bond donors (Lipinski definition) is 0. The van der Waals surface area contributed by atoms with Crippen molar-refractivity contribution in [2.75, 3.05) is 0 Å². The molecular weight excluding hydrogens is 212 g/mol. The van der Waals surface area contributed by atoms with Crippen LogP contribution in [0.25, 0.3) is 0 Å². The van der Waals surface area contributed by atoms with Gasteiger partial charge in [-0.05, 0) is 37.8 Å². The zero-order chi connectivity index (χ0) is 12.6. The van der Waals surface area contributed by atoms with Crippen molar-refractivity contribution in [3.8, 4) is 12.0 Å². The van der Waals surface area contributed by atoms with Gasteiger partial charge in [-0.25, -0.2) is 0 Å². The van der Waals surface area contributed by atoms with Crippen molar-refractivity contribution in [3.05, 3.63) is 12.7 Å². The molecule has 0 saturated carbocycles. The van der Waals surface area contributed by atoms with Crippen LogP contribution in [0.3, 0.4) is 0 Å². The second-order valence-corrected chi connectivity index (χ2v) is 7.88. The van der Waals surface area contributed by atoms with Crippen LogP contribution in [0.4, 0.5) is 0 Å². The second-order valence-electron chi connectivity index (χ2n) is 5.55. The maximum atomic E-state index is 5.43. The van der Waals surface area contributed by atoms with Gasteiger partial charge >= 0.3 is 0 Å². The van der Waals surface area contributed by atoms with Gasteiger partial charge in [0.15, 0.2) is 0 Å². The highest BCUT2D eigenvalue weighted by molar-refractivity contribution is 6.48. The SMILES string of the molecule is C=CCCCC(C#CO[SiH](C)C)C(C)(C)C. The minimum absolute atomic E-state index is 0.232. The van der Waals surface area contributed by atoms with Gasteiger partial charge in [0.2, 0.25) is 9.04 Å². The van der Waals surface area contributed by atoms with E-state index < -0.39 is 9.04 Å². The molecule has 16 heavy (non-hydrogen) atoms. The Bertz CT molecular complexity index is 252. The van der Waals surface area contributed by atoms with Gasteiger partial charge in [-0.15, -0.1) is 6.58 Å².